The molecular weight excluding hydrogens is 228 g/mol. The molecule has 0 aliphatic carbocycles. The number of benzene rings is 1. The number of hydrogen-bond donors (Lipinski definition) is 2. The maximum absolute atomic E-state index is 11.5. The quantitative estimate of drug-likeness (QED) is 0.802. The zero-order chi connectivity index (χ0) is 13.1. The molecule has 1 aromatic carbocycles. The van der Waals surface area contributed by atoms with Crippen LogP contribution in [0.2, 0.25) is 0 Å². The number of nitrogens with one attached hydrogen (secondary N) is 1. The van der Waals surface area contributed by atoms with E-state index in [-0.39, 0.29) is 11.9 Å². The Morgan fingerprint density at radius 1 is 1.33 bits per heavy atom. The first-order valence-corrected chi connectivity index (χ1v) is 5.73. The molecule has 0 aliphatic rings. The monoisotopic (exact) mass is 244 g/mol. The molecule has 1 atom stereocenters. The molecule has 1 amide bonds. The van der Waals surface area contributed by atoms with Crippen molar-refractivity contribution in [3.63, 3.8) is 0 Å². The van der Waals surface area contributed by atoms with Crippen LogP contribution in [0.4, 0.5) is 5.69 Å². The van der Waals surface area contributed by atoms with Crippen molar-refractivity contribution in [1.82, 2.24) is 15.1 Å². The van der Waals surface area contributed by atoms with Crippen molar-refractivity contribution in [2.45, 2.75) is 13.0 Å². The maximum atomic E-state index is 11.5. The van der Waals surface area contributed by atoms with Gasteiger partial charge in [0.2, 0.25) is 5.91 Å². The number of rotatable bonds is 3. The summed E-state index contributed by atoms with van der Waals surface area (Å²) in [5, 5.41) is 6.81. The summed E-state index contributed by atoms with van der Waals surface area (Å²) in [4.78, 5) is 11.5. The normalized spacial score (nSPS) is 12.1. The third kappa shape index (κ3) is 2.34. The summed E-state index contributed by atoms with van der Waals surface area (Å²) in [6.45, 7) is 1.80. The number of nitrogen functional groups attached to an aromatic ring is 1. The number of hydrogen-bond acceptors (Lipinski definition) is 3. The van der Waals surface area contributed by atoms with Gasteiger partial charge in [-0.25, -0.2) is 0 Å². The number of anilines is 1. The number of carbonyl (C=O) groups excluding carboxylic acids is 1. The number of amides is 1. The average Bonchev–Trinajstić information content (AvgIpc) is 2.87. The van der Waals surface area contributed by atoms with E-state index in [0.717, 1.165) is 16.8 Å². The predicted octanol–water partition coefficient (Wildman–Crippen LogP) is 1.44. The zero-order valence-electron chi connectivity index (χ0n) is 10.4. The van der Waals surface area contributed by atoms with Gasteiger partial charge in [0.15, 0.2) is 0 Å². The molecule has 0 spiro atoms. The minimum Gasteiger partial charge on any atom is -0.399 e. The molecule has 1 aromatic heterocycles. The lowest BCUT2D eigenvalue weighted by Crippen LogP contribution is -2.27. The van der Waals surface area contributed by atoms with Gasteiger partial charge in [-0.2, -0.15) is 5.10 Å². The van der Waals surface area contributed by atoms with Crippen molar-refractivity contribution < 1.29 is 4.79 Å². The Balaban J connectivity index is 2.25. The molecule has 2 rings (SSSR count). The standard InChI is InChI=1S/C13H16N4O/c1-9(13(18)15-2)17-8-11(7-16-17)10-3-5-12(14)6-4-10/h3-9H,14H2,1-2H3,(H,15,18). The average molecular weight is 244 g/mol. The van der Waals surface area contributed by atoms with E-state index in [1.165, 1.54) is 0 Å². The number of nitrogens with zero attached hydrogens (tertiary/aromatic N) is 2. The molecule has 5 heteroatoms. The van der Waals surface area contributed by atoms with Crippen molar-refractivity contribution in [3.8, 4) is 11.1 Å². The Bertz CT molecular complexity index is 544. The highest BCUT2D eigenvalue weighted by molar-refractivity contribution is 5.79. The van der Waals surface area contributed by atoms with Crippen LogP contribution >= 0.6 is 0 Å². The minimum atomic E-state index is -0.322. The molecule has 18 heavy (non-hydrogen) atoms. The summed E-state index contributed by atoms with van der Waals surface area (Å²) in [5.41, 5.74) is 8.36. The molecule has 0 saturated heterocycles. The number of nitrogens with two attached hydrogens (primary N) is 1. The van der Waals surface area contributed by atoms with Gasteiger partial charge >= 0.3 is 0 Å². The van der Waals surface area contributed by atoms with E-state index in [2.05, 4.69) is 10.4 Å². The zero-order valence-corrected chi connectivity index (χ0v) is 10.4. The number of aromatic nitrogens is 2. The highest BCUT2D eigenvalue weighted by Gasteiger charge is 2.14. The Morgan fingerprint density at radius 2 is 2.00 bits per heavy atom. The predicted molar refractivity (Wildman–Crippen MR) is 70.9 cm³/mol. The van der Waals surface area contributed by atoms with Crippen LogP contribution < -0.4 is 11.1 Å². The number of carbonyl (C=O) groups is 1. The van der Waals surface area contributed by atoms with E-state index < -0.39 is 0 Å². The van der Waals surface area contributed by atoms with Gasteiger partial charge in [-0.05, 0) is 24.6 Å². The smallest absolute Gasteiger partial charge is 0.244 e. The van der Waals surface area contributed by atoms with Gasteiger partial charge in [-0.3, -0.25) is 9.48 Å². The summed E-state index contributed by atoms with van der Waals surface area (Å²) in [5.74, 6) is -0.0676. The third-order valence-corrected chi connectivity index (χ3v) is 2.87. The van der Waals surface area contributed by atoms with Crippen LogP contribution in [-0.4, -0.2) is 22.7 Å². The van der Waals surface area contributed by atoms with Crippen LogP contribution in [0.5, 0.6) is 0 Å². The van der Waals surface area contributed by atoms with Crippen molar-refractivity contribution in [2.75, 3.05) is 12.8 Å². The summed E-state index contributed by atoms with van der Waals surface area (Å²) < 4.78 is 1.64. The van der Waals surface area contributed by atoms with Crippen LogP contribution in [-0.2, 0) is 4.79 Å². The van der Waals surface area contributed by atoms with Crippen LogP contribution in [0.1, 0.15) is 13.0 Å². The van der Waals surface area contributed by atoms with E-state index >= 15 is 0 Å². The topological polar surface area (TPSA) is 72.9 Å². The van der Waals surface area contributed by atoms with Crippen LogP contribution in [0.3, 0.4) is 0 Å². The Labute approximate surface area is 106 Å². The molecule has 5 nitrogen and oxygen atoms in total. The van der Waals surface area contributed by atoms with Gasteiger partial charge in [-0.1, -0.05) is 12.1 Å². The van der Waals surface area contributed by atoms with E-state index in [1.807, 2.05) is 30.5 Å². The Morgan fingerprint density at radius 3 is 2.61 bits per heavy atom. The fourth-order valence-corrected chi connectivity index (χ4v) is 1.70. The fourth-order valence-electron chi connectivity index (χ4n) is 1.70. The van der Waals surface area contributed by atoms with E-state index in [4.69, 9.17) is 5.73 Å². The lowest BCUT2D eigenvalue weighted by molar-refractivity contribution is -0.123. The molecule has 1 unspecified atom stereocenters. The first-order valence-electron chi connectivity index (χ1n) is 5.73. The SMILES string of the molecule is CNC(=O)C(C)n1cc(-c2ccc(N)cc2)cn1. The molecule has 0 bridgehead atoms. The lowest BCUT2D eigenvalue weighted by atomic mass is 10.1. The van der Waals surface area contributed by atoms with Gasteiger partial charge < -0.3 is 11.1 Å². The molecule has 0 saturated carbocycles. The molecule has 0 fully saturated rings. The summed E-state index contributed by atoms with van der Waals surface area (Å²) in [6.07, 6.45) is 3.59. The second kappa shape index (κ2) is 4.91. The van der Waals surface area contributed by atoms with E-state index in [0.29, 0.717) is 0 Å². The van der Waals surface area contributed by atoms with Crippen LogP contribution in [0.15, 0.2) is 36.7 Å². The van der Waals surface area contributed by atoms with Crippen molar-refractivity contribution in [1.29, 1.82) is 0 Å². The van der Waals surface area contributed by atoms with E-state index in [1.54, 1.807) is 24.9 Å². The summed E-state index contributed by atoms with van der Waals surface area (Å²) in [7, 11) is 1.61. The molecule has 0 aliphatic heterocycles. The van der Waals surface area contributed by atoms with Gasteiger partial charge in [0, 0.05) is 24.5 Å². The van der Waals surface area contributed by atoms with Crippen molar-refractivity contribution in [3.05, 3.63) is 36.7 Å². The van der Waals surface area contributed by atoms with Gasteiger partial charge in [0.05, 0.1) is 6.20 Å². The van der Waals surface area contributed by atoms with Crippen molar-refractivity contribution >= 4 is 11.6 Å². The Kier molecular flexibility index (Phi) is 3.32. The first-order chi connectivity index (χ1) is 8.61. The third-order valence-electron chi connectivity index (χ3n) is 2.87. The highest BCUT2D eigenvalue weighted by Crippen LogP contribution is 2.21. The highest BCUT2D eigenvalue weighted by atomic mass is 16.2. The van der Waals surface area contributed by atoms with Crippen LogP contribution in [0, 0.1) is 0 Å². The Hall–Kier alpha value is -2.30. The summed E-state index contributed by atoms with van der Waals surface area (Å²) >= 11 is 0. The second-order valence-corrected chi connectivity index (χ2v) is 4.12. The first kappa shape index (κ1) is 12.2. The molecule has 94 valence electrons. The van der Waals surface area contributed by atoms with Crippen molar-refractivity contribution in [2.24, 2.45) is 0 Å². The van der Waals surface area contributed by atoms with E-state index in [9.17, 15) is 4.79 Å². The fraction of sp³-hybridized carbons (Fsp3) is 0.231. The van der Waals surface area contributed by atoms with Gasteiger partial charge in [0.25, 0.3) is 0 Å². The largest absolute Gasteiger partial charge is 0.399 e. The molecular formula is C13H16N4O. The molecule has 0 radical (unpaired) electrons. The van der Waals surface area contributed by atoms with Gasteiger partial charge in [0.1, 0.15) is 6.04 Å². The molecule has 2 aromatic rings. The molecule has 1 heterocycles. The lowest BCUT2D eigenvalue weighted by Gasteiger charge is -2.09. The number of likely N-dealkylation sites (N-methyl/N-ethyl adjacent to an activating group) is 1. The molecule has 3 N–H and O–H groups in total. The minimum absolute atomic E-state index is 0.0676. The second-order valence-electron chi connectivity index (χ2n) is 4.12. The maximum Gasteiger partial charge on any atom is 0.244 e. The summed E-state index contributed by atoms with van der Waals surface area (Å²) in [6, 6.07) is 7.23. The van der Waals surface area contributed by atoms with Gasteiger partial charge in [-0.15, -0.1) is 0 Å². The van der Waals surface area contributed by atoms with Crippen LogP contribution in [0.25, 0.3) is 11.1 Å².